The Morgan fingerprint density at radius 3 is 1.67 bits per heavy atom. The van der Waals surface area contributed by atoms with Crippen LogP contribution < -0.4 is 0 Å². The van der Waals surface area contributed by atoms with Crippen molar-refractivity contribution in [3.63, 3.8) is 0 Å². The summed E-state index contributed by atoms with van der Waals surface area (Å²) in [6, 6.07) is 21.4. The number of piperazine rings is 1. The molecular weight excluding hydrogens is 260 g/mol. The van der Waals surface area contributed by atoms with E-state index in [-0.39, 0.29) is 6.04 Å². The molecule has 0 saturated carbocycles. The van der Waals surface area contributed by atoms with Crippen LogP contribution in [0.5, 0.6) is 0 Å². The molecule has 21 heavy (non-hydrogen) atoms. The van der Waals surface area contributed by atoms with Gasteiger partial charge in [-0.05, 0) is 11.1 Å². The molecular formula is C18H19N2O. The van der Waals surface area contributed by atoms with E-state index in [9.17, 15) is 4.79 Å². The summed E-state index contributed by atoms with van der Waals surface area (Å²) >= 11 is 0. The number of benzene rings is 2. The van der Waals surface area contributed by atoms with Crippen molar-refractivity contribution in [3.05, 3.63) is 71.8 Å². The molecule has 3 heteroatoms. The fourth-order valence-corrected chi connectivity index (χ4v) is 2.96. The van der Waals surface area contributed by atoms with Crippen molar-refractivity contribution in [1.82, 2.24) is 9.80 Å². The molecule has 1 saturated heterocycles. The summed E-state index contributed by atoms with van der Waals surface area (Å²) in [5.41, 5.74) is 2.60. The van der Waals surface area contributed by atoms with Crippen molar-refractivity contribution in [1.29, 1.82) is 0 Å². The molecule has 3 nitrogen and oxygen atoms in total. The molecule has 2 aromatic rings. The van der Waals surface area contributed by atoms with Gasteiger partial charge in [-0.1, -0.05) is 60.7 Å². The zero-order valence-electron chi connectivity index (χ0n) is 12.0. The minimum absolute atomic E-state index is 0.251. The van der Waals surface area contributed by atoms with E-state index in [0.717, 1.165) is 26.2 Å². The van der Waals surface area contributed by atoms with Crippen LogP contribution in [0.15, 0.2) is 60.7 Å². The number of hydrogen-bond donors (Lipinski definition) is 0. The molecule has 1 fully saturated rings. The van der Waals surface area contributed by atoms with Crippen LogP contribution in [0, 0.1) is 0 Å². The zero-order valence-corrected chi connectivity index (χ0v) is 12.0. The van der Waals surface area contributed by atoms with Gasteiger partial charge < -0.3 is 4.90 Å². The van der Waals surface area contributed by atoms with Gasteiger partial charge in [0.2, 0.25) is 0 Å². The van der Waals surface area contributed by atoms with Crippen molar-refractivity contribution in [3.8, 4) is 0 Å². The van der Waals surface area contributed by atoms with Gasteiger partial charge in [0.15, 0.2) is 0 Å². The third-order valence-corrected chi connectivity index (χ3v) is 4.04. The largest absolute Gasteiger partial charge is 0.332 e. The lowest BCUT2D eigenvalue weighted by Crippen LogP contribution is -2.47. The van der Waals surface area contributed by atoms with Gasteiger partial charge in [0.25, 0.3) is 0 Å². The number of carbonyl (C=O) groups excluding carboxylic acids is 1. The van der Waals surface area contributed by atoms with E-state index in [1.54, 1.807) is 4.90 Å². The minimum Gasteiger partial charge on any atom is -0.332 e. The summed E-state index contributed by atoms with van der Waals surface area (Å²) < 4.78 is 0. The molecule has 1 heterocycles. The lowest BCUT2D eigenvalue weighted by atomic mass is 9.96. The average Bonchev–Trinajstić information content (AvgIpc) is 2.58. The van der Waals surface area contributed by atoms with Crippen molar-refractivity contribution >= 4 is 6.41 Å². The van der Waals surface area contributed by atoms with Gasteiger partial charge in [0.1, 0.15) is 0 Å². The standard InChI is InChI=1S/C18H19N2O/c21-15-19-11-13-20(14-12-19)18(16-7-3-1-4-8-16)17-9-5-2-6-10-17/h1-10,18H,11-14H2. The lowest BCUT2D eigenvalue weighted by molar-refractivity contribution is 0.148. The Morgan fingerprint density at radius 2 is 1.24 bits per heavy atom. The van der Waals surface area contributed by atoms with E-state index in [1.165, 1.54) is 11.1 Å². The second-order valence-electron chi connectivity index (χ2n) is 5.34. The Labute approximate surface area is 125 Å². The van der Waals surface area contributed by atoms with Gasteiger partial charge in [-0.3, -0.25) is 9.69 Å². The van der Waals surface area contributed by atoms with Crippen molar-refractivity contribution in [2.24, 2.45) is 0 Å². The molecule has 2 aromatic carbocycles. The third kappa shape index (κ3) is 3.14. The van der Waals surface area contributed by atoms with Crippen LogP contribution in [-0.4, -0.2) is 42.4 Å². The Bertz CT molecular complexity index is 523. The van der Waals surface area contributed by atoms with Crippen LogP contribution >= 0.6 is 0 Å². The monoisotopic (exact) mass is 279 g/mol. The van der Waals surface area contributed by atoms with Gasteiger partial charge in [0, 0.05) is 26.2 Å². The number of amides is 1. The van der Waals surface area contributed by atoms with Gasteiger partial charge in [-0.2, -0.15) is 0 Å². The highest BCUT2D eigenvalue weighted by atomic mass is 16.1. The zero-order chi connectivity index (χ0) is 14.5. The fraction of sp³-hybridized carbons (Fsp3) is 0.278. The van der Waals surface area contributed by atoms with Crippen LogP contribution in [0.4, 0.5) is 0 Å². The summed E-state index contributed by atoms with van der Waals surface area (Å²) in [7, 11) is 0. The normalized spacial score (nSPS) is 16.1. The fourth-order valence-electron chi connectivity index (χ4n) is 2.96. The van der Waals surface area contributed by atoms with Gasteiger partial charge in [-0.15, -0.1) is 0 Å². The third-order valence-electron chi connectivity index (χ3n) is 4.04. The van der Waals surface area contributed by atoms with Crippen LogP contribution in [0.2, 0.25) is 0 Å². The topological polar surface area (TPSA) is 23.6 Å². The van der Waals surface area contributed by atoms with E-state index >= 15 is 0 Å². The smallest absolute Gasteiger partial charge is 0.312 e. The first-order chi connectivity index (χ1) is 10.4. The molecule has 1 amide bonds. The molecule has 1 radical (unpaired) electrons. The number of nitrogens with zero attached hydrogens (tertiary/aromatic N) is 2. The molecule has 3 rings (SSSR count). The highest BCUT2D eigenvalue weighted by molar-refractivity contribution is 5.48. The summed E-state index contributed by atoms with van der Waals surface area (Å²) in [6.07, 6.45) is 2.00. The van der Waals surface area contributed by atoms with Crippen molar-refractivity contribution < 1.29 is 4.79 Å². The molecule has 0 N–H and O–H groups in total. The van der Waals surface area contributed by atoms with Gasteiger partial charge in [-0.25, -0.2) is 0 Å². The van der Waals surface area contributed by atoms with E-state index in [4.69, 9.17) is 0 Å². The number of hydrogen-bond acceptors (Lipinski definition) is 2. The Hall–Kier alpha value is -2.13. The maximum Gasteiger partial charge on any atom is 0.312 e. The van der Waals surface area contributed by atoms with Crippen LogP contribution in [0.1, 0.15) is 17.2 Å². The molecule has 0 bridgehead atoms. The summed E-state index contributed by atoms with van der Waals surface area (Å²) in [5.74, 6) is 0. The Kier molecular flexibility index (Phi) is 4.31. The molecule has 0 unspecified atom stereocenters. The van der Waals surface area contributed by atoms with Crippen molar-refractivity contribution in [2.45, 2.75) is 6.04 Å². The molecule has 0 aromatic heterocycles. The summed E-state index contributed by atoms with van der Waals surface area (Å²) in [4.78, 5) is 14.9. The molecule has 107 valence electrons. The first-order valence-electron chi connectivity index (χ1n) is 7.35. The second kappa shape index (κ2) is 6.55. The van der Waals surface area contributed by atoms with Crippen molar-refractivity contribution in [2.75, 3.05) is 26.2 Å². The Morgan fingerprint density at radius 1 is 0.762 bits per heavy atom. The van der Waals surface area contributed by atoms with Crippen LogP contribution in [-0.2, 0) is 4.79 Å². The number of rotatable bonds is 4. The van der Waals surface area contributed by atoms with E-state index in [2.05, 4.69) is 53.4 Å². The SMILES string of the molecule is O=[C]N1CCN(C(c2ccccc2)c2ccccc2)CC1. The highest BCUT2D eigenvalue weighted by Crippen LogP contribution is 2.29. The van der Waals surface area contributed by atoms with Gasteiger partial charge >= 0.3 is 6.41 Å². The average molecular weight is 279 g/mol. The van der Waals surface area contributed by atoms with E-state index < -0.39 is 0 Å². The maximum atomic E-state index is 10.8. The van der Waals surface area contributed by atoms with Crippen LogP contribution in [0.25, 0.3) is 0 Å². The molecule has 0 aliphatic carbocycles. The molecule has 0 spiro atoms. The lowest BCUT2D eigenvalue weighted by Gasteiger charge is -2.38. The van der Waals surface area contributed by atoms with Gasteiger partial charge in [0.05, 0.1) is 6.04 Å². The maximum absolute atomic E-state index is 10.8. The summed E-state index contributed by atoms with van der Waals surface area (Å²) in [5, 5.41) is 0. The quantitative estimate of drug-likeness (QED) is 0.858. The Balaban J connectivity index is 1.89. The predicted molar refractivity (Wildman–Crippen MR) is 83.6 cm³/mol. The molecule has 0 atom stereocenters. The van der Waals surface area contributed by atoms with E-state index in [0.29, 0.717) is 0 Å². The molecule has 1 aliphatic heterocycles. The molecule has 1 aliphatic rings. The summed E-state index contributed by atoms with van der Waals surface area (Å²) in [6.45, 7) is 3.26. The minimum atomic E-state index is 0.251. The van der Waals surface area contributed by atoms with Crippen LogP contribution in [0.3, 0.4) is 0 Å². The first kappa shape index (κ1) is 13.8. The second-order valence-corrected chi connectivity index (χ2v) is 5.34. The highest BCUT2D eigenvalue weighted by Gasteiger charge is 2.25. The first-order valence-corrected chi connectivity index (χ1v) is 7.35. The van der Waals surface area contributed by atoms with E-state index in [1.807, 2.05) is 18.5 Å². The predicted octanol–water partition coefficient (Wildman–Crippen LogP) is 2.46.